The molecule has 0 unspecified atom stereocenters. The molecule has 7 nitrogen and oxygen atoms in total. The highest BCUT2D eigenvalue weighted by atomic mass is 32.1. The maximum absolute atomic E-state index is 12.2. The highest BCUT2D eigenvalue weighted by Gasteiger charge is 2.34. The van der Waals surface area contributed by atoms with Crippen LogP contribution in [0.25, 0.3) is 10.2 Å². The summed E-state index contributed by atoms with van der Waals surface area (Å²) in [5.74, 6) is 0.987. The van der Waals surface area contributed by atoms with Crippen molar-refractivity contribution in [2.45, 2.75) is 20.4 Å². The van der Waals surface area contributed by atoms with Gasteiger partial charge in [0.25, 0.3) is 0 Å². The Hall–Kier alpha value is -2.48. The zero-order valence-corrected chi connectivity index (χ0v) is 14.3. The monoisotopic (exact) mass is 343 g/mol. The van der Waals surface area contributed by atoms with Crippen LogP contribution in [0.4, 0.5) is 5.13 Å². The molecule has 1 amide bonds. The quantitative estimate of drug-likeness (QED) is 0.780. The first-order valence-corrected chi connectivity index (χ1v) is 8.59. The maximum atomic E-state index is 12.2. The first-order chi connectivity index (χ1) is 11.6. The van der Waals surface area contributed by atoms with E-state index in [0.717, 1.165) is 10.6 Å². The molecule has 124 valence electrons. The topological polar surface area (TPSA) is 84.2 Å². The number of carbonyl (C=O) groups is 1. The van der Waals surface area contributed by atoms with Gasteiger partial charge in [0.05, 0.1) is 22.7 Å². The maximum Gasteiger partial charge on any atom is 0.246 e. The van der Waals surface area contributed by atoms with Crippen molar-refractivity contribution < 1.29 is 9.32 Å². The zero-order valence-electron chi connectivity index (χ0n) is 13.4. The molecule has 0 bridgehead atoms. The molecule has 1 saturated heterocycles. The molecule has 0 aliphatic carbocycles. The third-order valence-electron chi connectivity index (χ3n) is 4.04. The molecule has 0 radical (unpaired) electrons. The second kappa shape index (κ2) is 5.86. The van der Waals surface area contributed by atoms with Crippen molar-refractivity contribution in [1.29, 1.82) is 0 Å². The third-order valence-corrected chi connectivity index (χ3v) is 5.12. The Morgan fingerprint density at radius 2 is 2.21 bits per heavy atom. The van der Waals surface area contributed by atoms with E-state index in [1.54, 1.807) is 18.3 Å². The summed E-state index contributed by atoms with van der Waals surface area (Å²) >= 11 is 1.67. The van der Waals surface area contributed by atoms with Crippen molar-refractivity contribution in [1.82, 2.24) is 20.4 Å². The van der Waals surface area contributed by atoms with E-state index in [-0.39, 0.29) is 18.4 Å². The smallest absolute Gasteiger partial charge is 0.246 e. The molecule has 4 rings (SSSR count). The lowest BCUT2D eigenvalue weighted by atomic mass is 10.0. The summed E-state index contributed by atoms with van der Waals surface area (Å²) in [5.41, 5.74) is 2.25. The van der Waals surface area contributed by atoms with Gasteiger partial charge in [-0.1, -0.05) is 22.6 Å². The van der Waals surface area contributed by atoms with Crippen LogP contribution in [0, 0.1) is 19.8 Å². The van der Waals surface area contributed by atoms with Crippen LogP contribution in [0.5, 0.6) is 0 Å². The Bertz CT molecular complexity index is 897. The molecule has 1 N–H and O–H groups in total. The van der Waals surface area contributed by atoms with Gasteiger partial charge in [0.1, 0.15) is 0 Å². The number of thiazole rings is 1. The summed E-state index contributed by atoms with van der Waals surface area (Å²) in [6.45, 7) is 5.48. The predicted molar refractivity (Wildman–Crippen MR) is 90.9 cm³/mol. The van der Waals surface area contributed by atoms with Crippen LogP contribution in [-0.4, -0.2) is 34.1 Å². The number of aryl methyl sites for hydroxylation is 2. The molecule has 24 heavy (non-hydrogen) atoms. The molecule has 1 aromatic carbocycles. The molecule has 0 saturated carbocycles. The molecule has 0 atom stereocenters. The molecule has 1 fully saturated rings. The van der Waals surface area contributed by atoms with Crippen molar-refractivity contribution in [3.63, 3.8) is 0 Å². The van der Waals surface area contributed by atoms with Gasteiger partial charge in [-0.3, -0.25) is 4.79 Å². The van der Waals surface area contributed by atoms with E-state index in [2.05, 4.69) is 44.4 Å². The Morgan fingerprint density at radius 1 is 1.38 bits per heavy atom. The molecule has 8 heteroatoms. The summed E-state index contributed by atoms with van der Waals surface area (Å²) in [6.07, 6.45) is 0. The molecule has 0 spiro atoms. The minimum atomic E-state index is -0.0252. The number of hydrogen-bond acceptors (Lipinski definition) is 7. The van der Waals surface area contributed by atoms with Crippen molar-refractivity contribution in [3.05, 3.63) is 35.5 Å². The van der Waals surface area contributed by atoms with Gasteiger partial charge in [0, 0.05) is 13.1 Å². The number of nitrogens with zero attached hydrogens (tertiary/aromatic N) is 4. The summed E-state index contributed by atoms with van der Waals surface area (Å²) in [7, 11) is 0. The Kier molecular flexibility index (Phi) is 3.68. The van der Waals surface area contributed by atoms with E-state index in [9.17, 15) is 4.79 Å². The van der Waals surface area contributed by atoms with Gasteiger partial charge >= 0.3 is 0 Å². The van der Waals surface area contributed by atoms with Crippen molar-refractivity contribution >= 4 is 32.6 Å². The van der Waals surface area contributed by atoms with Crippen LogP contribution in [-0.2, 0) is 11.3 Å². The van der Waals surface area contributed by atoms with Crippen LogP contribution in [0.1, 0.15) is 17.3 Å². The lowest BCUT2D eigenvalue weighted by molar-refractivity contribution is -0.126. The van der Waals surface area contributed by atoms with Crippen molar-refractivity contribution in [2.24, 2.45) is 5.92 Å². The van der Waals surface area contributed by atoms with Crippen LogP contribution in [0.3, 0.4) is 0 Å². The van der Waals surface area contributed by atoms with Crippen molar-refractivity contribution in [3.8, 4) is 0 Å². The van der Waals surface area contributed by atoms with Crippen LogP contribution < -0.4 is 10.2 Å². The van der Waals surface area contributed by atoms with Gasteiger partial charge in [-0.15, -0.1) is 0 Å². The summed E-state index contributed by atoms with van der Waals surface area (Å²) in [5, 5.41) is 7.52. The van der Waals surface area contributed by atoms with Gasteiger partial charge in [-0.25, -0.2) is 4.98 Å². The molecule has 1 aliphatic rings. The molecular formula is C16H17N5O2S. The number of benzene rings is 1. The highest BCUT2D eigenvalue weighted by Crippen LogP contribution is 2.33. The van der Waals surface area contributed by atoms with E-state index in [1.165, 1.54) is 10.3 Å². The standard InChI is InChI=1S/C16H17N5O2S/c1-9-3-4-12-13(5-9)24-16(19-12)21-7-11(8-21)15(22)17-6-14-18-10(2)20-23-14/h3-5,11H,6-8H2,1-2H3,(H,17,22). The largest absolute Gasteiger partial charge is 0.347 e. The minimum absolute atomic E-state index is 0.0130. The average Bonchev–Trinajstić information content (AvgIpc) is 3.09. The number of fused-ring (bicyclic) bond motifs is 1. The van der Waals surface area contributed by atoms with Gasteiger partial charge in [0.15, 0.2) is 11.0 Å². The number of aromatic nitrogens is 3. The van der Waals surface area contributed by atoms with Crippen molar-refractivity contribution in [2.75, 3.05) is 18.0 Å². The Morgan fingerprint density at radius 3 is 2.96 bits per heavy atom. The van der Waals surface area contributed by atoms with E-state index in [1.807, 2.05) is 6.07 Å². The molecule has 2 aromatic heterocycles. The Balaban J connectivity index is 1.34. The lowest BCUT2D eigenvalue weighted by Crippen LogP contribution is -2.53. The van der Waals surface area contributed by atoms with E-state index in [0.29, 0.717) is 24.8 Å². The van der Waals surface area contributed by atoms with Gasteiger partial charge in [-0.05, 0) is 31.5 Å². The molecule has 1 aliphatic heterocycles. The zero-order chi connectivity index (χ0) is 16.7. The second-order valence-electron chi connectivity index (χ2n) is 6.02. The van der Waals surface area contributed by atoms with Crippen LogP contribution in [0.2, 0.25) is 0 Å². The van der Waals surface area contributed by atoms with Crippen LogP contribution in [0.15, 0.2) is 22.7 Å². The normalized spacial score (nSPS) is 14.8. The number of hydrogen-bond donors (Lipinski definition) is 1. The fourth-order valence-electron chi connectivity index (χ4n) is 2.67. The molecule has 3 aromatic rings. The molecular weight excluding hydrogens is 326 g/mol. The first-order valence-electron chi connectivity index (χ1n) is 7.77. The SMILES string of the molecule is Cc1ccc2nc(N3CC(C(=O)NCc4nc(C)no4)C3)sc2c1. The summed E-state index contributed by atoms with van der Waals surface area (Å²) < 4.78 is 6.17. The van der Waals surface area contributed by atoms with Gasteiger partial charge in [0.2, 0.25) is 11.8 Å². The minimum Gasteiger partial charge on any atom is -0.347 e. The number of anilines is 1. The lowest BCUT2D eigenvalue weighted by Gasteiger charge is -2.37. The fraction of sp³-hybridized carbons (Fsp3) is 0.375. The van der Waals surface area contributed by atoms with E-state index in [4.69, 9.17) is 4.52 Å². The Labute approximate surface area is 142 Å². The van der Waals surface area contributed by atoms with Gasteiger partial charge in [-0.2, -0.15) is 4.98 Å². The second-order valence-corrected chi connectivity index (χ2v) is 7.03. The average molecular weight is 343 g/mol. The fourth-order valence-corrected chi connectivity index (χ4v) is 3.76. The number of nitrogens with one attached hydrogen (secondary N) is 1. The van der Waals surface area contributed by atoms with E-state index >= 15 is 0 Å². The highest BCUT2D eigenvalue weighted by molar-refractivity contribution is 7.22. The first kappa shape index (κ1) is 15.1. The number of rotatable bonds is 4. The third kappa shape index (κ3) is 2.84. The number of amides is 1. The summed E-state index contributed by atoms with van der Waals surface area (Å²) in [4.78, 5) is 23.0. The van der Waals surface area contributed by atoms with Crippen LogP contribution >= 0.6 is 11.3 Å². The predicted octanol–water partition coefficient (Wildman–Crippen LogP) is 2.05. The van der Waals surface area contributed by atoms with Gasteiger partial charge < -0.3 is 14.7 Å². The summed E-state index contributed by atoms with van der Waals surface area (Å²) in [6, 6.07) is 6.26. The molecule has 3 heterocycles. The number of carbonyl (C=O) groups excluding carboxylic acids is 1. The van der Waals surface area contributed by atoms with E-state index < -0.39 is 0 Å².